The Balaban J connectivity index is 1.99. The zero-order valence-electron chi connectivity index (χ0n) is 7.21. The van der Waals surface area contributed by atoms with Gasteiger partial charge in [-0.2, -0.15) is 0 Å². The second-order valence-corrected chi connectivity index (χ2v) is 3.81. The summed E-state index contributed by atoms with van der Waals surface area (Å²) in [7, 11) is 0. The first kappa shape index (κ1) is 9.30. The predicted octanol–water partition coefficient (Wildman–Crippen LogP) is -0.295. The van der Waals surface area contributed by atoms with Gasteiger partial charge in [-0.3, -0.25) is 0 Å². The Kier molecular flexibility index (Phi) is 2.49. The second-order valence-electron chi connectivity index (χ2n) is 3.81. The Bertz CT molecular complexity index is 189. The molecule has 0 aromatic carbocycles. The molecule has 3 N–H and O–H groups in total. The van der Waals surface area contributed by atoms with Crippen molar-refractivity contribution < 1.29 is 13.9 Å². The minimum atomic E-state index is -2.66. The molecule has 0 radical (unpaired) electrons. The summed E-state index contributed by atoms with van der Waals surface area (Å²) in [6, 6.07) is -0.0624. The first-order valence-electron chi connectivity index (χ1n) is 4.64. The van der Waals surface area contributed by atoms with E-state index in [4.69, 9.17) is 0 Å². The monoisotopic (exact) mass is 192 g/mol. The number of fused-ring (bicyclic) bond motifs is 2. The van der Waals surface area contributed by atoms with Gasteiger partial charge in [0.25, 0.3) is 6.43 Å². The molecule has 76 valence electrons. The van der Waals surface area contributed by atoms with Crippen LogP contribution in [0.25, 0.3) is 0 Å². The summed E-state index contributed by atoms with van der Waals surface area (Å²) >= 11 is 0. The van der Waals surface area contributed by atoms with Crippen molar-refractivity contribution in [2.75, 3.05) is 6.54 Å². The Morgan fingerprint density at radius 3 is 2.77 bits per heavy atom. The van der Waals surface area contributed by atoms with Crippen molar-refractivity contribution in [3.63, 3.8) is 0 Å². The third kappa shape index (κ3) is 1.68. The van der Waals surface area contributed by atoms with Gasteiger partial charge < -0.3 is 15.7 Å². The van der Waals surface area contributed by atoms with Gasteiger partial charge >= 0.3 is 0 Å². The van der Waals surface area contributed by atoms with Crippen LogP contribution in [0.3, 0.4) is 0 Å². The van der Waals surface area contributed by atoms with Crippen LogP contribution in [0.1, 0.15) is 12.8 Å². The van der Waals surface area contributed by atoms with Crippen molar-refractivity contribution in [3.8, 4) is 0 Å². The summed E-state index contributed by atoms with van der Waals surface area (Å²) in [4.78, 5) is 0. The molecule has 2 aliphatic heterocycles. The minimum Gasteiger partial charge on any atom is -0.385 e. The zero-order valence-corrected chi connectivity index (χ0v) is 7.21. The highest BCUT2D eigenvalue weighted by Gasteiger charge is 2.41. The number of piperazine rings is 1. The predicted molar refractivity (Wildman–Crippen MR) is 43.7 cm³/mol. The molecule has 0 amide bonds. The van der Waals surface area contributed by atoms with E-state index in [1.165, 1.54) is 0 Å². The molecule has 2 saturated heterocycles. The lowest BCUT2D eigenvalue weighted by atomic mass is 10.0. The number of aliphatic hydroxyl groups is 1. The SMILES string of the molecule is O[C@@H](C(F)F)[C@H]1NC[C@H]2CC[C@@H]1N2. The van der Waals surface area contributed by atoms with E-state index in [-0.39, 0.29) is 6.04 Å². The highest BCUT2D eigenvalue weighted by molar-refractivity contribution is 5.00. The summed E-state index contributed by atoms with van der Waals surface area (Å²) in [5.74, 6) is 0. The first-order chi connectivity index (χ1) is 6.18. The Morgan fingerprint density at radius 2 is 2.08 bits per heavy atom. The lowest BCUT2D eigenvalue weighted by Crippen LogP contribution is -2.61. The van der Waals surface area contributed by atoms with Crippen LogP contribution in [0.5, 0.6) is 0 Å². The van der Waals surface area contributed by atoms with Crippen LogP contribution in [0.15, 0.2) is 0 Å². The number of hydrogen-bond donors (Lipinski definition) is 3. The smallest absolute Gasteiger partial charge is 0.265 e. The third-order valence-electron chi connectivity index (χ3n) is 2.94. The number of aliphatic hydroxyl groups excluding tert-OH is 1. The fourth-order valence-corrected chi connectivity index (χ4v) is 2.23. The molecule has 2 heterocycles. The van der Waals surface area contributed by atoms with Crippen molar-refractivity contribution in [1.29, 1.82) is 0 Å². The normalized spacial score (nSPS) is 41.1. The molecule has 13 heavy (non-hydrogen) atoms. The topological polar surface area (TPSA) is 44.3 Å². The van der Waals surface area contributed by atoms with E-state index in [0.717, 1.165) is 12.8 Å². The Morgan fingerprint density at radius 1 is 1.31 bits per heavy atom. The quantitative estimate of drug-likeness (QED) is 0.563. The van der Waals surface area contributed by atoms with E-state index in [2.05, 4.69) is 10.6 Å². The maximum absolute atomic E-state index is 12.2. The standard InChI is InChI=1S/C8H14F2N2O/c9-8(10)7(13)6-5-2-1-4(12-5)3-11-6/h4-8,11-13H,1-3H2/t4-,5+,6+,7-/m1/s1. The van der Waals surface area contributed by atoms with Gasteiger partial charge in [0, 0.05) is 18.6 Å². The van der Waals surface area contributed by atoms with E-state index in [1.807, 2.05) is 0 Å². The Labute approximate surface area is 75.5 Å². The molecule has 2 fully saturated rings. The summed E-state index contributed by atoms with van der Waals surface area (Å²) in [5.41, 5.74) is 0. The van der Waals surface area contributed by atoms with Gasteiger partial charge in [0.05, 0.1) is 6.04 Å². The molecule has 5 heteroatoms. The van der Waals surface area contributed by atoms with Crippen LogP contribution in [-0.4, -0.2) is 42.3 Å². The van der Waals surface area contributed by atoms with E-state index in [9.17, 15) is 13.9 Å². The van der Waals surface area contributed by atoms with Gasteiger partial charge in [-0.25, -0.2) is 8.78 Å². The first-order valence-corrected chi connectivity index (χ1v) is 4.64. The molecule has 3 nitrogen and oxygen atoms in total. The maximum Gasteiger partial charge on any atom is 0.265 e. The third-order valence-corrected chi connectivity index (χ3v) is 2.94. The molecule has 0 unspecified atom stereocenters. The number of rotatable bonds is 2. The maximum atomic E-state index is 12.2. The van der Waals surface area contributed by atoms with Gasteiger partial charge in [0.15, 0.2) is 0 Å². The molecule has 2 aliphatic rings. The van der Waals surface area contributed by atoms with Gasteiger partial charge in [0.1, 0.15) is 6.10 Å². The molecule has 2 rings (SSSR count). The average Bonchev–Trinajstić information content (AvgIpc) is 2.47. The minimum absolute atomic E-state index is 0.0164. The fraction of sp³-hybridized carbons (Fsp3) is 1.00. The van der Waals surface area contributed by atoms with E-state index in [1.54, 1.807) is 0 Å². The van der Waals surface area contributed by atoms with Crippen molar-refractivity contribution in [1.82, 2.24) is 10.6 Å². The molecule has 2 bridgehead atoms. The average molecular weight is 192 g/mol. The highest BCUT2D eigenvalue weighted by atomic mass is 19.3. The van der Waals surface area contributed by atoms with Crippen LogP contribution in [-0.2, 0) is 0 Å². The number of hydrogen-bond acceptors (Lipinski definition) is 3. The summed E-state index contributed by atoms with van der Waals surface area (Å²) < 4.78 is 24.4. The molecule has 0 aromatic heterocycles. The van der Waals surface area contributed by atoms with Crippen LogP contribution in [0.4, 0.5) is 8.78 Å². The lowest BCUT2D eigenvalue weighted by molar-refractivity contribution is -0.0355. The van der Waals surface area contributed by atoms with Crippen LogP contribution in [0.2, 0.25) is 0 Å². The molecular weight excluding hydrogens is 178 g/mol. The molecule has 0 spiro atoms. The number of nitrogens with one attached hydrogen (secondary N) is 2. The van der Waals surface area contributed by atoms with Gasteiger partial charge in [-0.15, -0.1) is 0 Å². The van der Waals surface area contributed by atoms with Crippen LogP contribution in [0, 0.1) is 0 Å². The largest absolute Gasteiger partial charge is 0.385 e. The molecular formula is C8H14F2N2O. The molecule has 0 saturated carbocycles. The van der Waals surface area contributed by atoms with Gasteiger partial charge in [0.2, 0.25) is 0 Å². The van der Waals surface area contributed by atoms with E-state index in [0.29, 0.717) is 12.6 Å². The summed E-state index contributed by atoms with van der Waals surface area (Å²) in [6.07, 6.45) is -2.30. The van der Waals surface area contributed by atoms with Crippen molar-refractivity contribution >= 4 is 0 Å². The second kappa shape index (κ2) is 3.48. The van der Waals surface area contributed by atoms with Crippen LogP contribution >= 0.6 is 0 Å². The molecule has 0 aromatic rings. The lowest BCUT2D eigenvalue weighted by Gasteiger charge is -2.34. The van der Waals surface area contributed by atoms with Crippen molar-refractivity contribution in [3.05, 3.63) is 0 Å². The van der Waals surface area contributed by atoms with Gasteiger partial charge in [-0.1, -0.05) is 0 Å². The molecule has 0 aliphatic carbocycles. The number of halogens is 2. The molecule has 4 atom stereocenters. The van der Waals surface area contributed by atoms with Crippen molar-refractivity contribution in [2.45, 2.75) is 43.5 Å². The van der Waals surface area contributed by atoms with Crippen LogP contribution < -0.4 is 10.6 Å². The van der Waals surface area contributed by atoms with E-state index >= 15 is 0 Å². The summed E-state index contributed by atoms with van der Waals surface area (Å²) in [6.45, 7) is 0.685. The highest BCUT2D eigenvalue weighted by Crippen LogP contribution is 2.23. The number of alkyl halides is 2. The van der Waals surface area contributed by atoms with Gasteiger partial charge in [-0.05, 0) is 12.8 Å². The van der Waals surface area contributed by atoms with E-state index < -0.39 is 18.6 Å². The summed E-state index contributed by atoms with van der Waals surface area (Å²) in [5, 5.41) is 15.4. The van der Waals surface area contributed by atoms with Crippen molar-refractivity contribution in [2.24, 2.45) is 0 Å². The zero-order chi connectivity index (χ0) is 9.42. The Hall–Kier alpha value is -0.260. The fourth-order valence-electron chi connectivity index (χ4n) is 2.23.